The van der Waals surface area contributed by atoms with E-state index in [1.165, 1.54) is 50.6 Å². The first kappa shape index (κ1) is 17.0. The Morgan fingerprint density at radius 2 is 1.86 bits per heavy atom. The van der Waals surface area contributed by atoms with E-state index in [1.807, 2.05) is 6.20 Å². The van der Waals surface area contributed by atoms with Gasteiger partial charge >= 0.3 is 0 Å². The lowest BCUT2D eigenvalue weighted by atomic mass is 9.84. The molecule has 1 atom stereocenters. The van der Waals surface area contributed by atoms with Crippen molar-refractivity contribution in [3.63, 3.8) is 0 Å². The van der Waals surface area contributed by atoms with Crippen molar-refractivity contribution in [1.82, 2.24) is 15.1 Å². The van der Waals surface area contributed by atoms with Crippen LogP contribution in [0.15, 0.2) is 10.7 Å². The van der Waals surface area contributed by atoms with Crippen LogP contribution in [0.2, 0.25) is 0 Å². The van der Waals surface area contributed by atoms with Crippen LogP contribution in [-0.2, 0) is 0 Å². The lowest BCUT2D eigenvalue weighted by molar-refractivity contribution is 0.275. The molecule has 0 bridgehead atoms. The van der Waals surface area contributed by atoms with E-state index in [0.29, 0.717) is 12.1 Å². The van der Waals surface area contributed by atoms with Gasteiger partial charge in [0, 0.05) is 6.04 Å². The molecule has 1 heterocycles. The number of aromatic nitrogens is 2. The smallest absolute Gasteiger partial charge is 0.0701 e. The summed E-state index contributed by atoms with van der Waals surface area (Å²) in [5.74, 6) is 0.732. The third-order valence-electron chi connectivity index (χ3n) is 4.62. The molecule has 1 aliphatic carbocycles. The van der Waals surface area contributed by atoms with Crippen LogP contribution in [0.25, 0.3) is 0 Å². The number of nitrogens with one attached hydrogen (secondary N) is 1. The topological polar surface area (TPSA) is 29.9 Å². The van der Waals surface area contributed by atoms with Gasteiger partial charge in [-0.2, -0.15) is 5.10 Å². The molecular formula is C17H30BrN3. The molecule has 1 N–H and O–H groups in total. The van der Waals surface area contributed by atoms with Gasteiger partial charge in [0.15, 0.2) is 0 Å². The van der Waals surface area contributed by atoms with Gasteiger partial charge in [-0.25, -0.2) is 0 Å². The van der Waals surface area contributed by atoms with Crippen molar-refractivity contribution in [2.75, 3.05) is 6.54 Å². The fourth-order valence-electron chi connectivity index (χ4n) is 3.58. The Hall–Kier alpha value is -0.350. The highest BCUT2D eigenvalue weighted by Gasteiger charge is 2.28. The molecule has 0 aromatic carbocycles. The van der Waals surface area contributed by atoms with E-state index >= 15 is 0 Å². The van der Waals surface area contributed by atoms with Crippen molar-refractivity contribution >= 4 is 15.9 Å². The quantitative estimate of drug-likeness (QED) is 0.782. The normalized spacial score (nSPS) is 19.5. The van der Waals surface area contributed by atoms with E-state index in [-0.39, 0.29) is 0 Å². The molecule has 3 nitrogen and oxygen atoms in total. The van der Waals surface area contributed by atoms with Crippen LogP contribution in [0.4, 0.5) is 0 Å². The minimum Gasteiger partial charge on any atom is -0.309 e. The second kappa shape index (κ2) is 8.33. The van der Waals surface area contributed by atoms with Gasteiger partial charge in [0.1, 0.15) is 0 Å². The highest BCUT2D eigenvalue weighted by molar-refractivity contribution is 9.10. The zero-order valence-corrected chi connectivity index (χ0v) is 15.3. The Balaban J connectivity index is 2.26. The van der Waals surface area contributed by atoms with Crippen molar-refractivity contribution in [2.45, 2.75) is 77.8 Å². The lowest BCUT2D eigenvalue weighted by Gasteiger charge is -2.31. The van der Waals surface area contributed by atoms with Crippen molar-refractivity contribution in [1.29, 1.82) is 0 Å². The second-order valence-electron chi connectivity index (χ2n) is 6.56. The fraction of sp³-hybridized carbons (Fsp3) is 0.824. The predicted octanol–water partition coefficient (Wildman–Crippen LogP) is 5.24. The summed E-state index contributed by atoms with van der Waals surface area (Å²) in [6.07, 6.45) is 11.6. The highest BCUT2D eigenvalue weighted by Crippen LogP contribution is 2.36. The van der Waals surface area contributed by atoms with Crippen LogP contribution in [0.3, 0.4) is 0 Å². The molecule has 2 rings (SSSR count). The largest absolute Gasteiger partial charge is 0.309 e. The number of halogens is 1. The van der Waals surface area contributed by atoms with Crippen molar-refractivity contribution in [3.8, 4) is 0 Å². The molecular weight excluding hydrogens is 326 g/mol. The highest BCUT2D eigenvalue weighted by atomic mass is 79.9. The lowest BCUT2D eigenvalue weighted by Crippen LogP contribution is -2.31. The molecule has 0 saturated heterocycles. The maximum atomic E-state index is 4.58. The number of nitrogens with zero attached hydrogens (tertiary/aromatic N) is 2. The van der Waals surface area contributed by atoms with Gasteiger partial charge in [-0.3, -0.25) is 4.68 Å². The average molecular weight is 356 g/mol. The molecule has 0 radical (unpaired) electrons. The Bertz CT molecular complexity index is 420. The van der Waals surface area contributed by atoms with Crippen LogP contribution >= 0.6 is 15.9 Å². The van der Waals surface area contributed by atoms with E-state index in [0.717, 1.165) is 16.9 Å². The van der Waals surface area contributed by atoms with Crippen LogP contribution in [-0.4, -0.2) is 16.3 Å². The van der Waals surface area contributed by atoms with Gasteiger partial charge < -0.3 is 5.32 Å². The standard InChI is InChI=1S/C17H30BrN3/c1-4-19-16(14-10-8-6-5-7-9-11-14)17-15(18)12-20-21(17)13(2)3/h12-14,16,19H,4-11H2,1-3H3. The maximum absolute atomic E-state index is 4.58. The molecule has 1 unspecified atom stereocenters. The molecule has 4 heteroatoms. The van der Waals surface area contributed by atoms with Gasteiger partial charge in [-0.1, -0.05) is 39.0 Å². The summed E-state index contributed by atoms with van der Waals surface area (Å²) in [7, 11) is 0. The van der Waals surface area contributed by atoms with Crippen molar-refractivity contribution < 1.29 is 0 Å². The van der Waals surface area contributed by atoms with E-state index in [2.05, 4.69) is 51.8 Å². The van der Waals surface area contributed by atoms with Crippen molar-refractivity contribution in [3.05, 3.63) is 16.4 Å². The third-order valence-corrected chi connectivity index (χ3v) is 5.23. The Morgan fingerprint density at radius 3 is 2.43 bits per heavy atom. The van der Waals surface area contributed by atoms with Gasteiger partial charge in [0.05, 0.1) is 22.4 Å². The van der Waals surface area contributed by atoms with Crippen LogP contribution in [0, 0.1) is 5.92 Å². The first-order valence-electron chi connectivity index (χ1n) is 8.61. The molecule has 21 heavy (non-hydrogen) atoms. The summed E-state index contributed by atoms with van der Waals surface area (Å²) in [4.78, 5) is 0. The summed E-state index contributed by atoms with van der Waals surface area (Å²) in [5.41, 5.74) is 1.34. The third kappa shape index (κ3) is 4.32. The van der Waals surface area contributed by atoms with Crippen LogP contribution < -0.4 is 5.32 Å². The molecule has 1 aromatic heterocycles. The average Bonchev–Trinajstić information content (AvgIpc) is 2.78. The van der Waals surface area contributed by atoms with E-state index in [1.54, 1.807) is 0 Å². The summed E-state index contributed by atoms with van der Waals surface area (Å²) in [6, 6.07) is 0.827. The van der Waals surface area contributed by atoms with Gasteiger partial charge in [0.25, 0.3) is 0 Å². The first-order chi connectivity index (χ1) is 10.1. The van der Waals surface area contributed by atoms with Crippen molar-refractivity contribution in [2.24, 2.45) is 5.92 Å². The summed E-state index contributed by atoms with van der Waals surface area (Å²) >= 11 is 3.73. The van der Waals surface area contributed by atoms with E-state index in [9.17, 15) is 0 Å². The molecule has 0 amide bonds. The summed E-state index contributed by atoms with van der Waals surface area (Å²) < 4.78 is 3.35. The Labute approximate surface area is 138 Å². The second-order valence-corrected chi connectivity index (χ2v) is 7.41. The molecule has 0 spiro atoms. The Kier molecular flexibility index (Phi) is 6.74. The zero-order valence-electron chi connectivity index (χ0n) is 13.7. The zero-order chi connectivity index (χ0) is 15.2. The molecule has 0 aliphatic heterocycles. The fourth-order valence-corrected chi connectivity index (χ4v) is 4.10. The van der Waals surface area contributed by atoms with Crippen LogP contribution in [0.5, 0.6) is 0 Å². The summed E-state index contributed by atoms with van der Waals surface area (Å²) in [5, 5.41) is 8.33. The minimum atomic E-state index is 0.404. The first-order valence-corrected chi connectivity index (χ1v) is 9.40. The monoisotopic (exact) mass is 355 g/mol. The number of hydrogen-bond donors (Lipinski definition) is 1. The minimum absolute atomic E-state index is 0.404. The van der Waals surface area contributed by atoms with E-state index in [4.69, 9.17) is 0 Å². The molecule has 1 aromatic rings. The number of rotatable bonds is 5. The Morgan fingerprint density at radius 1 is 1.24 bits per heavy atom. The summed E-state index contributed by atoms with van der Waals surface area (Å²) in [6.45, 7) is 7.64. The van der Waals surface area contributed by atoms with Crippen LogP contribution in [0.1, 0.15) is 83.5 Å². The SMILES string of the molecule is CCNC(c1c(Br)cnn1C(C)C)C1CCCCCCC1. The van der Waals surface area contributed by atoms with Gasteiger partial charge in [0.2, 0.25) is 0 Å². The van der Waals surface area contributed by atoms with E-state index < -0.39 is 0 Å². The number of hydrogen-bond acceptors (Lipinski definition) is 2. The maximum Gasteiger partial charge on any atom is 0.0701 e. The van der Waals surface area contributed by atoms with Gasteiger partial charge in [-0.15, -0.1) is 0 Å². The molecule has 120 valence electrons. The molecule has 1 saturated carbocycles. The van der Waals surface area contributed by atoms with Gasteiger partial charge in [-0.05, 0) is 55.1 Å². The molecule has 1 fully saturated rings. The predicted molar refractivity (Wildman–Crippen MR) is 92.5 cm³/mol. The molecule has 1 aliphatic rings.